The summed E-state index contributed by atoms with van der Waals surface area (Å²) in [6.07, 6.45) is 0.832. The lowest BCUT2D eigenvalue weighted by Gasteiger charge is -2.10. The number of methoxy groups -OCH3 is 1. The second-order valence-electron chi connectivity index (χ2n) is 4.73. The van der Waals surface area contributed by atoms with Crippen LogP contribution in [0.25, 0.3) is 0 Å². The summed E-state index contributed by atoms with van der Waals surface area (Å²) in [6.45, 7) is 4.47. The first-order valence-electron chi connectivity index (χ1n) is 6.90. The first-order valence-corrected chi connectivity index (χ1v) is 6.90. The minimum atomic E-state index is -0.335. The van der Waals surface area contributed by atoms with E-state index in [0.717, 1.165) is 29.1 Å². The van der Waals surface area contributed by atoms with Gasteiger partial charge in [0.25, 0.3) is 0 Å². The molecule has 1 aromatic heterocycles. The Morgan fingerprint density at radius 3 is 2.48 bits per heavy atom. The highest BCUT2D eigenvalue weighted by Crippen LogP contribution is 2.19. The van der Waals surface area contributed by atoms with Gasteiger partial charge in [-0.25, -0.2) is 4.79 Å². The quantitative estimate of drug-likeness (QED) is 0.791. The van der Waals surface area contributed by atoms with Gasteiger partial charge in [-0.3, -0.25) is 4.98 Å². The molecule has 2 aromatic rings. The molecule has 0 radical (unpaired) electrons. The fourth-order valence-electron chi connectivity index (χ4n) is 2.00. The van der Waals surface area contributed by atoms with Crippen LogP contribution in [0.5, 0.6) is 5.75 Å². The Labute approximate surface area is 124 Å². The predicted octanol–water partition coefficient (Wildman–Crippen LogP) is 3.32. The van der Waals surface area contributed by atoms with Crippen molar-refractivity contribution in [2.24, 2.45) is 0 Å². The van der Waals surface area contributed by atoms with Gasteiger partial charge in [0, 0.05) is 5.69 Å². The molecular weight excluding hydrogens is 266 g/mol. The van der Waals surface area contributed by atoms with Gasteiger partial charge >= 0.3 is 5.97 Å². The molecule has 110 valence electrons. The van der Waals surface area contributed by atoms with Crippen molar-refractivity contribution < 1.29 is 14.3 Å². The zero-order valence-corrected chi connectivity index (χ0v) is 12.6. The monoisotopic (exact) mass is 285 g/mol. The van der Waals surface area contributed by atoms with Crippen molar-refractivity contribution >= 4 is 5.97 Å². The van der Waals surface area contributed by atoms with Crippen LogP contribution in [0.1, 0.15) is 34.2 Å². The second kappa shape index (κ2) is 6.88. The van der Waals surface area contributed by atoms with Crippen LogP contribution < -0.4 is 4.74 Å². The molecule has 0 amide bonds. The average Bonchev–Trinajstić information content (AvgIpc) is 2.53. The summed E-state index contributed by atoms with van der Waals surface area (Å²) < 4.78 is 10.5. The molecule has 0 aliphatic rings. The van der Waals surface area contributed by atoms with Crippen LogP contribution in [0.3, 0.4) is 0 Å². The van der Waals surface area contributed by atoms with Gasteiger partial charge in [-0.05, 0) is 43.2 Å². The highest BCUT2D eigenvalue weighted by atomic mass is 16.5. The van der Waals surface area contributed by atoms with Crippen LogP contribution in [0, 0.1) is 6.92 Å². The van der Waals surface area contributed by atoms with E-state index in [4.69, 9.17) is 4.74 Å². The highest BCUT2D eigenvalue weighted by molar-refractivity contribution is 5.89. The first kappa shape index (κ1) is 15.0. The van der Waals surface area contributed by atoms with E-state index in [-0.39, 0.29) is 5.97 Å². The smallest absolute Gasteiger partial charge is 0.337 e. The lowest BCUT2D eigenvalue weighted by molar-refractivity contribution is 0.0600. The van der Waals surface area contributed by atoms with Crippen LogP contribution in [0.2, 0.25) is 0 Å². The zero-order chi connectivity index (χ0) is 15.2. The maximum atomic E-state index is 11.4. The topological polar surface area (TPSA) is 48.4 Å². The van der Waals surface area contributed by atoms with Crippen LogP contribution in [0.4, 0.5) is 0 Å². The third kappa shape index (κ3) is 3.81. The third-order valence-electron chi connectivity index (χ3n) is 3.18. The van der Waals surface area contributed by atoms with Crippen LogP contribution in [-0.2, 0) is 17.8 Å². The summed E-state index contributed by atoms with van der Waals surface area (Å²) in [7, 11) is 1.37. The largest absolute Gasteiger partial charge is 0.487 e. The number of nitrogens with zero attached hydrogens (tertiary/aromatic N) is 1. The average molecular weight is 285 g/mol. The Hall–Kier alpha value is -2.36. The van der Waals surface area contributed by atoms with Gasteiger partial charge in [0.05, 0.1) is 18.4 Å². The molecular formula is C17H19NO3. The van der Waals surface area contributed by atoms with Crippen molar-refractivity contribution in [3.63, 3.8) is 0 Å². The number of carbonyl (C=O) groups excluding carboxylic acids is 1. The molecule has 21 heavy (non-hydrogen) atoms. The van der Waals surface area contributed by atoms with Crippen molar-refractivity contribution in [3.8, 4) is 5.75 Å². The lowest BCUT2D eigenvalue weighted by atomic mass is 10.1. The van der Waals surface area contributed by atoms with Crippen LogP contribution in [-0.4, -0.2) is 18.1 Å². The Kier molecular flexibility index (Phi) is 4.93. The van der Waals surface area contributed by atoms with Gasteiger partial charge in [-0.2, -0.15) is 0 Å². The maximum absolute atomic E-state index is 11.4. The van der Waals surface area contributed by atoms with Gasteiger partial charge in [-0.1, -0.05) is 19.1 Å². The maximum Gasteiger partial charge on any atom is 0.337 e. The number of pyridine rings is 1. The molecule has 0 spiro atoms. The minimum Gasteiger partial charge on any atom is -0.487 e. The van der Waals surface area contributed by atoms with Crippen LogP contribution >= 0.6 is 0 Å². The predicted molar refractivity (Wildman–Crippen MR) is 80.5 cm³/mol. The van der Waals surface area contributed by atoms with Crippen LogP contribution in [0.15, 0.2) is 36.4 Å². The number of esters is 1. The van der Waals surface area contributed by atoms with E-state index in [1.165, 1.54) is 7.11 Å². The molecule has 0 unspecified atom stereocenters. The molecule has 0 saturated carbocycles. The molecule has 0 aliphatic heterocycles. The van der Waals surface area contributed by atoms with E-state index in [1.807, 2.05) is 31.2 Å². The number of benzene rings is 1. The normalized spacial score (nSPS) is 10.2. The van der Waals surface area contributed by atoms with Gasteiger partial charge in [0.15, 0.2) is 0 Å². The Morgan fingerprint density at radius 1 is 1.14 bits per heavy atom. The molecule has 0 fully saturated rings. The zero-order valence-electron chi connectivity index (χ0n) is 12.6. The Balaban J connectivity index is 2.05. The lowest BCUT2D eigenvalue weighted by Crippen LogP contribution is -2.03. The number of carbonyl (C=O) groups is 1. The van der Waals surface area contributed by atoms with Crippen molar-refractivity contribution in [1.29, 1.82) is 0 Å². The molecule has 0 bridgehead atoms. The third-order valence-corrected chi connectivity index (χ3v) is 3.18. The fraction of sp³-hybridized carbons (Fsp3) is 0.294. The SMILES string of the molecule is CCc1nc(C)ccc1OCc1ccc(C(=O)OC)cc1. The molecule has 4 nitrogen and oxygen atoms in total. The summed E-state index contributed by atoms with van der Waals surface area (Å²) in [5.74, 6) is 0.471. The summed E-state index contributed by atoms with van der Waals surface area (Å²) in [4.78, 5) is 15.8. The molecule has 4 heteroatoms. The van der Waals surface area contributed by atoms with E-state index in [2.05, 4.69) is 16.6 Å². The van der Waals surface area contributed by atoms with Crippen molar-refractivity contribution in [2.45, 2.75) is 26.9 Å². The second-order valence-corrected chi connectivity index (χ2v) is 4.73. The van der Waals surface area contributed by atoms with Crippen molar-refractivity contribution in [1.82, 2.24) is 4.98 Å². The number of aryl methyl sites for hydroxylation is 2. The molecule has 0 saturated heterocycles. The van der Waals surface area contributed by atoms with Gasteiger partial charge < -0.3 is 9.47 Å². The highest BCUT2D eigenvalue weighted by Gasteiger charge is 2.06. The fourth-order valence-corrected chi connectivity index (χ4v) is 2.00. The molecule has 1 heterocycles. The standard InChI is InChI=1S/C17H19NO3/c1-4-15-16(10-5-12(2)18-15)21-11-13-6-8-14(9-7-13)17(19)20-3/h5-10H,4,11H2,1-3H3. The summed E-state index contributed by atoms with van der Waals surface area (Å²) >= 11 is 0. The first-order chi connectivity index (χ1) is 10.1. The number of ether oxygens (including phenoxy) is 2. The molecule has 0 aliphatic carbocycles. The van der Waals surface area contributed by atoms with Gasteiger partial charge in [0.1, 0.15) is 12.4 Å². The van der Waals surface area contributed by atoms with E-state index >= 15 is 0 Å². The minimum absolute atomic E-state index is 0.335. The van der Waals surface area contributed by atoms with Gasteiger partial charge in [0.2, 0.25) is 0 Å². The molecule has 2 rings (SSSR count). The number of aromatic nitrogens is 1. The molecule has 0 atom stereocenters. The number of rotatable bonds is 5. The van der Waals surface area contributed by atoms with E-state index in [9.17, 15) is 4.79 Å². The summed E-state index contributed by atoms with van der Waals surface area (Å²) in [5, 5.41) is 0. The van der Waals surface area contributed by atoms with E-state index < -0.39 is 0 Å². The number of hydrogen-bond acceptors (Lipinski definition) is 4. The van der Waals surface area contributed by atoms with Crippen molar-refractivity contribution in [2.75, 3.05) is 7.11 Å². The van der Waals surface area contributed by atoms with Crippen molar-refractivity contribution in [3.05, 3.63) is 58.9 Å². The Bertz CT molecular complexity index is 620. The van der Waals surface area contributed by atoms with E-state index in [1.54, 1.807) is 12.1 Å². The number of hydrogen-bond donors (Lipinski definition) is 0. The van der Waals surface area contributed by atoms with Gasteiger partial charge in [-0.15, -0.1) is 0 Å². The molecule has 0 N–H and O–H groups in total. The summed E-state index contributed by atoms with van der Waals surface area (Å²) in [6, 6.07) is 11.1. The van der Waals surface area contributed by atoms with E-state index in [0.29, 0.717) is 12.2 Å². The molecule has 1 aromatic carbocycles. The Morgan fingerprint density at radius 2 is 1.86 bits per heavy atom. The summed E-state index contributed by atoms with van der Waals surface area (Å²) in [5.41, 5.74) is 3.47.